The van der Waals surface area contributed by atoms with E-state index in [0.717, 1.165) is 11.1 Å². The van der Waals surface area contributed by atoms with Crippen LogP contribution in [0.3, 0.4) is 0 Å². The van der Waals surface area contributed by atoms with Gasteiger partial charge in [0, 0.05) is 19.5 Å². The second kappa shape index (κ2) is 14.0. The molecule has 12 nitrogen and oxygen atoms in total. The van der Waals surface area contributed by atoms with E-state index in [-0.39, 0.29) is 25.0 Å². The summed E-state index contributed by atoms with van der Waals surface area (Å²) < 4.78 is 11.2. The number of rotatable bonds is 9. The number of fused-ring (bicyclic) bond motifs is 1. The predicted molar refractivity (Wildman–Crippen MR) is 160 cm³/mol. The van der Waals surface area contributed by atoms with Gasteiger partial charge in [-0.25, -0.2) is 9.59 Å². The quantitative estimate of drug-likeness (QED) is 0.314. The lowest BCUT2D eigenvalue weighted by molar-refractivity contribution is -0.142. The van der Waals surface area contributed by atoms with E-state index in [2.05, 4.69) is 10.6 Å². The molecule has 4 amide bonds. The minimum atomic E-state index is -1.79. The summed E-state index contributed by atoms with van der Waals surface area (Å²) in [6.45, 7) is 13.8. The van der Waals surface area contributed by atoms with Crippen LogP contribution in [0.2, 0.25) is 0 Å². The molecular weight excluding hydrogens is 555 g/mol. The van der Waals surface area contributed by atoms with Gasteiger partial charge in [0.25, 0.3) is 0 Å². The molecule has 43 heavy (non-hydrogen) atoms. The van der Waals surface area contributed by atoms with Crippen molar-refractivity contribution in [1.29, 1.82) is 0 Å². The van der Waals surface area contributed by atoms with Gasteiger partial charge in [0.15, 0.2) is 0 Å². The van der Waals surface area contributed by atoms with Gasteiger partial charge in [0.1, 0.15) is 18.2 Å². The Labute approximate surface area is 254 Å². The summed E-state index contributed by atoms with van der Waals surface area (Å²) >= 11 is 0. The Morgan fingerprint density at radius 2 is 1.63 bits per heavy atom. The van der Waals surface area contributed by atoms with Crippen molar-refractivity contribution < 1.29 is 38.7 Å². The molecule has 4 atom stereocenters. The van der Waals surface area contributed by atoms with E-state index in [1.54, 1.807) is 25.7 Å². The van der Waals surface area contributed by atoms with Gasteiger partial charge >= 0.3 is 19.3 Å². The molecule has 0 unspecified atom stereocenters. The van der Waals surface area contributed by atoms with Gasteiger partial charge in [-0.05, 0) is 28.4 Å². The monoisotopic (exact) mass is 602 g/mol. The Bertz CT molecular complexity index is 1140. The van der Waals surface area contributed by atoms with Crippen LogP contribution in [0.25, 0.3) is 0 Å². The zero-order valence-electron chi connectivity index (χ0n) is 26.4. The van der Waals surface area contributed by atoms with Crippen molar-refractivity contribution in [3.8, 4) is 0 Å². The highest BCUT2D eigenvalue weighted by Gasteiger charge is 2.47. The van der Waals surface area contributed by atoms with Crippen molar-refractivity contribution >= 4 is 31.1 Å². The van der Waals surface area contributed by atoms with Crippen molar-refractivity contribution in [3.63, 3.8) is 0 Å². The molecule has 1 saturated heterocycles. The van der Waals surface area contributed by atoms with Crippen LogP contribution in [0.5, 0.6) is 0 Å². The number of hydrogen-bond donors (Lipinski definition) is 4. The Balaban J connectivity index is 1.80. The summed E-state index contributed by atoms with van der Waals surface area (Å²) in [5, 5.41) is 24.9. The van der Waals surface area contributed by atoms with Crippen molar-refractivity contribution in [2.75, 3.05) is 13.2 Å². The van der Waals surface area contributed by atoms with E-state index in [1.807, 2.05) is 52.0 Å². The third-order valence-corrected chi connectivity index (χ3v) is 7.51. The minimum Gasteiger partial charge on any atom is -0.449 e. The lowest BCUT2D eigenvalue weighted by atomic mass is 9.76. The molecule has 2 aliphatic rings. The van der Waals surface area contributed by atoms with Gasteiger partial charge in [-0.15, -0.1) is 0 Å². The maximum Gasteiger partial charge on any atom is 0.475 e. The van der Waals surface area contributed by atoms with Crippen LogP contribution in [0.15, 0.2) is 24.3 Å². The normalized spacial score (nSPS) is 19.7. The third kappa shape index (κ3) is 9.33. The molecule has 4 N–H and O–H groups in total. The first kappa shape index (κ1) is 34.2. The van der Waals surface area contributed by atoms with Crippen LogP contribution >= 0.6 is 0 Å². The molecule has 238 valence electrons. The van der Waals surface area contributed by atoms with Gasteiger partial charge in [-0.3, -0.25) is 14.5 Å². The lowest BCUT2D eigenvalue weighted by Gasteiger charge is -2.35. The molecule has 2 heterocycles. The average Bonchev–Trinajstić information content (AvgIpc) is 3.53. The number of carbonyl (C=O) groups is 4. The molecule has 2 aliphatic heterocycles. The maximum absolute atomic E-state index is 14.1. The van der Waals surface area contributed by atoms with Crippen LogP contribution in [-0.4, -0.2) is 88.2 Å². The van der Waals surface area contributed by atoms with Gasteiger partial charge in [-0.2, -0.15) is 0 Å². The van der Waals surface area contributed by atoms with E-state index < -0.39 is 60.7 Å². The maximum atomic E-state index is 14.1. The summed E-state index contributed by atoms with van der Waals surface area (Å²) in [6.07, 6.45) is -1.21. The highest BCUT2D eigenvalue weighted by molar-refractivity contribution is 6.43. The Hall–Kier alpha value is -3.32. The minimum absolute atomic E-state index is 0.00973. The first-order chi connectivity index (χ1) is 20.0. The van der Waals surface area contributed by atoms with Crippen LogP contribution in [0, 0.1) is 10.8 Å². The van der Waals surface area contributed by atoms with Gasteiger partial charge in [0.2, 0.25) is 11.8 Å². The SMILES string of the molecule is CCC[C@H](NC(=O)[C@@H]1C[C@@H](OC(=O)N2Cc3ccccc3C2)CN1C(=O)[C@@H](NC(=O)OCC(C)(C)C)C(C)(C)C)B(O)O. The molecule has 3 rings (SSSR count). The number of ether oxygens (including phenoxy) is 2. The number of carbonyl (C=O) groups excluding carboxylic acids is 4. The molecule has 1 aromatic rings. The highest BCUT2D eigenvalue weighted by atomic mass is 16.6. The molecule has 1 aromatic carbocycles. The van der Waals surface area contributed by atoms with Crippen molar-refractivity contribution in [1.82, 2.24) is 20.4 Å². The number of hydrogen-bond acceptors (Lipinski definition) is 8. The fourth-order valence-electron chi connectivity index (χ4n) is 5.20. The number of benzene rings is 1. The predicted octanol–water partition coefficient (Wildman–Crippen LogP) is 2.59. The van der Waals surface area contributed by atoms with Crippen LogP contribution in [0.4, 0.5) is 9.59 Å². The first-order valence-corrected chi connectivity index (χ1v) is 14.9. The first-order valence-electron chi connectivity index (χ1n) is 14.9. The summed E-state index contributed by atoms with van der Waals surface area (Å²) in [5.74, 6) is -2.08. The molecule has 0 aliphatic carbocycles. The van der Waals surface area contributed by atoms with E-state index in [1.165, 1.54) is 4.90 Å². The number of alkyl carbamates (subject to hydrolysis) is 1. The third-order valence-electron chi connectivity index (χ3n) is 7.51. The van der Waals surface area contributed by atoms with E-state index in [4.69, 9.17) is 9.47 Å². The Morgan fingerprint density at radius 3 is 2.14 bits per heavy atom. The number of likely N-dealkylation sites (tertiary alicyclic amines) is 1. The standard InChI is InChI=1S/C30H47BN4O8/c1-8-11-23(31(40)41)32-25(36)22-14-21(43-28(39)34-15-19-12-9-10-13-20(19)16-34)17-35(22)26(37)24(30(5,6)7)33-27(38)42-18-29(2,3)4/h9-10,12-13,21-24,40-41H,8,11,14-18H2,1-7H3,(H,32,36)(H,33,38)/t21-,22+,23+,24-/m1/s1. The second-order valence-corrected chi connectivity index (χ2v) is 13.8. The van der Waals surface area contributed by atoms with Gasteiger partial charge in [0.05, 0.1) is 19.1 Å². The van der Waals surface area contributed by atoms with Crippen LogP contribution < -0.4 is 10.6 Å². The molecule has 0 aromatic heterocycles. The van der Waals surface area contributed by atoms with Crippen molar-refractivity contribution in [2.45, 2.75) is 105 Å². The summed E-state index contributed by atoms with van der Waals surface area (Å²) in [4.78, 5) is 56.3. The molecule has 0 bridgehead atoms. The fourth-order valence-corrected chi connectivity index (χ4v) is 5.20. The van der Waals surface area contributed by atoms with E-state index >= 15 is 0 Å². The Kier molecular flexibility index (Phi) is 11.1. The molecular formula is C30H47BN4O8. The van der Waals surface area contributed by atoms with E-state index in [9.17, 15) is 29.2 Å². The lowest BCUT2D eigenvalue weighted by Crippen LogP contribution is -2.59. The van der Waals surface area contributed by atoms with Crippen molar-refractivity contribution in [3.05, 3.63) is 35.4 Å². The van der Waals surface area contributed by atoms with Gasteiger partial charge < -0.3 is 35.1 Å². The van der Waals surface area contributed by atoms with Crippen LogP contribution in [0.1, 0.15) is 78.9 Å². The zero-order valence-corrected chi connectivity index (χ0v) is 26.4. The average molecular weight is 603 g/mol. The smallest absolute Gasteiger partial charge is 0.449 e. The molecule has 13 heteroatoms. The number of nitrogens with one attached hydrogen (secondary N) is 2. The molecule has 1 fully saturated rings. The second-order valence-electron chi connectivity index (χ2n) is 13.8. The van der Waals surface area contributed by atoms with Crippen molar-refractivity contribution in [2.24, 2.45) is 10.8 Å². The van der Waals surface area contributed by atoms with Gasteiger partial charge in [-0.1, -0.05) is 79.2 Å². The molecule has 0 spiro atoms. The summed E-state index contributed by atoms with van der Waals surface area (Å²) in [7, 11) is -1.79. The van der Waals surface area contributed by atoms with Crippen LogP contribution in [-0.2, 0) is 32.2 Å². The number of nitrogens with zero attached hydrogens (tertiary/aromatic N) is 2. The topological polar surface area (TPSA) is 158 Å². The largest absolute Gasteiger partial charge is 0.475 e. The zero-order chi connectivity index (χ0) is 32.1. The Morgan fingerprint density at radius 1 is 1.02 bits per heavy atom. The summed E-state index contributed by atoms with van der Waals surface area (Å²) in [5.41, 5.74) is 1.02. The number of amides is 4. The molecule has 0 saturated carbocycles. The molecule has 0 radical (unpaired) electrons. The summed E-state index contributed by atoms with van der Waals surface area (Å²) in [6, 6.07) is 5.58. The highest BCUT2D eigenvalue weighted by Crippen LogP contribution is 2.29. The fraction of sp³-hybridized carbons (Fsp3) is 0.667. The van der Waals surface area contributed by atoms with E-state index in [0.29, 0.717) is 25.9 Å².